The number of carbonyl (C=O) groups excluding carboxylic acids is 2. The van der Waals surface area contributed by atoms with Gasteiger partial charge in [0, 0.05) is 50.4 Å². The summed E-state index contributed by atoms with van der Waals surface area (Å²) < 4.78 is 15.6. The van der Waals surface area contributed by atoms with E-state index in [4.69, 9.17) is 14.2 Å². The molecule has 2 N–H and O–H groups in total. The molecule has 5 rings (SSSR count). The highest BCUT2D eigenvalue weighted by Crippen LogP contribution is 2.33. The summed E-state index contributed by atoms with van der Waals surface area (Å²) in [6.45, 7) is 6.41. The standard InChI is InChI=1S/C26H30N2O7/c1-15-18(3-4-19-20(15)14-35-25(19)31)22(30)12-28-7-5-27(6-8-28)11-21(29)16-9-17-13-34-26(32)24(17)23(10-16)33-2/h3-4,9-10,21-22,29-30H,5-8,11-14H2,1-2H3/t21?,22-/m0/s1. The Morgan fingerprint density at radius 2 is 1.60 bits per heavy atom. The smallest absolute Gasteiger partial charge is 0.342 e. The molecule has 3 heterocycles. The van der Waals surface area contributed by atoms with E-state index in [0.717, 1.165) is 48.4 Å². The first-order valence-electron chi connectivity index (χ1n) is 11.8. The van der Waals surface area contributed by atoms with Crippen molar-refractivity contribution in [1.82, 2.24) is 9.80 Å². The van der Waals surface area contributed by atoms with Crippen LogP contribution >= 0.6 is 0 Å². The zero-order valence-corrected chi connectivity index (χ0v) is 20.0. The molecule has 2 atom stereocenters. The molecule has 0 bridgehead atoms. The third-order valence-electron chi connectivity index (χ3n) is 7.27. The van der Waals surface area contributed by atoms with Crippen molar-refractivity contribution >= 4 is 11.9 Å². The van der Waals surface area contributed by atoms with Gasteiger partial charge in [-0.25, -0.2) is 9.59 Å². The Hall–Kier alpha value is -2.98. The molecule has 0 amide bonds. The number of piperazine rings is 1. The van der Waals surface area contributed by atoms with Crippen LogP contribution in [0, 0.1) is 6.92 Å². The van der Waals surface area contributed by atoms with Crippen LogP contribution < -0.4 is 4.74 Å². The summed E-state index contributed by atoms with van der Waals surface area (Å²) in [4.78, 5) is 28.1. The topological polar surface area (TPSA) is 109 Å². The van der Waals surface area contributed by atoms with Crippen molar-refractivity contribution in [2.24, 2.45) is 0 Å². The van der Waals surface area contributed by atoms with Crippen LogP contribution in [0.25, 0.3) is 0 Å². The van der Waals surface area contributed by atoms with Crippen molar-refractivity contribution in [1.29, 1.82) is 0 Å². The van der Waals surface area contributed by atoms with Crippen LogP contribution in [-0.2, 0) is 22.7 Å². The first kappa shape index (κ1) is 23.7. The molecule has 0 aromatic heterocycles. The quantitative estimate of drug-likeness (QED) is 0.570. The number of benzene rings is 2. The SMILES string of the molecule is COc1cc(C(O)CN2CCN(C[C@H](O)c3ccc4c(c3C)COC4=O)CC2)cc2c1C(=O)OC2. The number of hydrogen-bond acceptors (Lipinski definition) is 9. The molecule has 186 valence electrons. The van der Waals surface area contributed by atoms with Crippen LogP contribution in [0.1, 0.15) is 60.7 Å². The predicted molar refractivity (Wildman–Crippen MR) is 125 cm³/mol. The Bertz CT molecular complexity index is 1160. The number of aliphatic hydroxyl groups is 2. The number of aliphatic hydroxyl groups excluding tert-OH is 2. The van der Waals surface area contributed by atoms with E-state index >= 15 is 0 Å². The molecule has 0 saturated carbocycles. The molecular formula is C26H30N2O7. The molecule has 0 spiro atoms. The van der Waals surface area contributed by atoms with Crippen LogP contribution in [0.5, 0.6) is 5.75 Å². The summed E-state index contributed by atoms with van der Waals surface area (Å²) >= 11 is 0. The van der Waals surface area contributed by atoms with Crippen molar-refractivity contribution in [2.45, 2.75) is 32.3 Å². The first-order chi connectivity index (χ1) is 16.9. The number of cyclic esters (lactones) is 2. The Morgan fingerprint density at radius 3 is 2.29 bits per heavy atom. The fraction of sp³-hybridized carbons (Fsp3) is 0.462. The Labute approximate surface area is 203 Å². The second kappa shape index (κ2) is 9.58. The second-order valence-corrected chi connectivity index (χ2v) is 9.35. The number of fused-ring (bicyclic) bond motifs is 2. The third kappa shape index (κ3) is 4.52. The number of ether oxygens (including phenoxy) is 3. The van der Waals surface area contributed by atoms with Crippen molar-refractivity contribution in [3.63, 3.8) is 0 Å². The number of rotatable bonds is 7. The average molecular weight is 483 g/mol. The summed E-state index contributed by atoms with van der Waals surface area (Å²) in [5, 5.41) is 21.8. The van der Waals surface area contributed by atoms with E-state index in [-0.39, 0.29) is 19.2 Å². The summed E-state index contributed by atoms with van der Waals surface area (Å²) in [6.07, 6.45) is -1.38. The maximum absolute atomic E-state index is 11.9. The van der Waals surface area contributed by atoms with Crippen molar-refractivity contribution < 1.29 is 34.0 Å². The van der Waals surface area contributed by atoms with E-state index in [1.54, 1.807) is 12.1 Å². The number of β-amino-alcohol motifs (C(OH)–C–C–N with tert-alkyl or cyclic N) is 2. The maximum Gasteiger partial charge on any atom is 0.342 e. The summed E-state index contributed by atoms with van der Waals surface area (Å²) in [6, 6.07) is 7.09. The van der Waals surface area contributed by atoms with Crippen LogP contribution in [-0.4, -0.2) is 78.3 Å². The molecule has 2 aromatic rings. The van der Waals surface area contributed by atoms with Crippen molar-refractivity contribution in [3.05, 3.63) is 63.2 Å². The van der Waals surface area contributed by atoms with Crippen LogP contribution in [0.2, 0.25) is 0 Å². The van der Waals surface area contributed by atoms with Gasteiger partial charge in [-0.2, -0.15) is 0 Å². The van der Waals surface area contributed by atoms with E-state index in [1.807, 2.05) is 19.1 Å². The summed E-state index contributed by atoms with van der Waals surface area (Å²) in [5.41, 5.74) is 5.07. The first-order valence-corrected chi connectivity index (χ1v) is 11.8. The molecule has 9 heteroatoms. The largest absolute Gasteiger partial charge is 0.496 e. The highest BCUT2D eigenvalue weighted by atomic mass is 16.5. The Kier molecular flexibility index (Phi) is 6.50. The minimum Gasteiger partial charge on any atom is -0.496 e. The molecule has 0 radical (unpaired) electrons. The molecular weight excluding hydrogens is 452 g/mol. The highest BCUT2D eigenvalue weighted by Gasteiger charge is 2.30. The number of nitrogens with zero attached hydrogens (tertiary/aromatic N) is 2. The van der Waals surface area contributed by atoms with Gasteiger partial charge in [0.05, 0.1) is 24.9 Å². The average Bonchev–Trinajstić information content (AvgIpc) is 3.43. The van der Waals surface area contributed by atoms with E-state index in [9.17, 15) is 19.8 Å². The molecule has 1 unspecified atom stereocenters. The van der Waals surface area contributed by atoms with Gasteiger partial charge >= 0.3 is 11.9 Å². The molecule has 0 aliphatic carbocycles. The molecule has 3 aliphatic rings. The summed E-state index contributed by atoms with van der Waals surface area (Å²) in [5.74, 6) is -0.272. The van der Waals surface area contributed by atoms with Gasteiger partial charge in [-0.05, 0) is 41.8 Å². The zero-order chi connectivity index (χ0) is 24.7. The number of methoxy groups -OCH3 is 1. The normalized spacial score (nSPS) is 19.7. The monoisotopic (exact) mass is 482 g/mol. The Morgan fingerprint density at radius 1 is 0.943 bits per heavy atom. The number of hydrogen-bond donors (Lipinski definition) is 2. The molecule has 3 aliphatic heterocycles. The molecule has 35 heavy (non-hydrogen) atoms. The van der Waals surface area contributed by atoms with Gasteiger partial charge in [-0.15, -0.1) is 0 Å². The van der Waals surface area contributed by atoms with E-state index in [2.05, 4.69) is 9.80 Å². The lowest BCUT2D eigenvalue weighted by Crippen LogP contribution is -2.48. The lowest BCUT2D eigenvalue weighted by molar-refractivity contribution is 0.0479. The van der Waals surface area contributed by atoms with Gasteiger partial charge in [-0.1, -0.05) is 6.07 Å². The Balaban J connectivity index is 1.16. The molecule has 2 aromatic carbocycles. The highest BCUT2D eigenvalue weighted by molar-refractivity contribution is 5.96. The number of esters is 2. The van der Waals surface area contributed by atoms with Gasteiger partial charge in [0.1, 0.15) is 24.5 Å². The molecule has 1 fully saturated rings. The fourth-order valence-electron chi connectivity index (χ4n) is 5.19. The van der Waals surface area contributed by atoms with Gasteiger partial charge in [-0.3, -0.25) is 9.80 Å². The summed E-state index contributed by atoms with van der Waals surface area (Å²) in [7, 11) is 1.50. The van der Waals surface area contributed by atoms with Crippen LogP contribution in [0.15, 0.2) is 24.3 Å². The van der Waals surface area contributed by atoms with Crippen molar-refractivity contribution in [2.75, 3.05) is 46.4 Å². The van der Waals surface area contributed by atoms with Gasteiger partial charge in [0.2, 0.25) is 0 Å². The lowest BCUT2D eigenvalue weighted by Gasteiger charge is -2.36. The third-order valence-corrected chi connectivity index (χ3v) is 7.27. The second-order valence-electron chi connectivity index (χ2n) is 9.35. The van der Waals surface area contributed by atoms with E-state index in [0.29, 0.717) is 35.5 Å². The zero-order valence-electron chi connectivity index (χ0n) is 20.0. The van der Waals surface area contributed by atoms with E-state index in [1.165, 1.54) is 7.11 Å². The van der Waals surface area contributed by atoms with Crippen LogP contribution in [0.4, 0.5) is 0 Å². The maximum atomic E-state index is 11.9. The predicted octanol–water partition coefficient (Wildman–Crippen LogP) is 1.73. The minimum atomic E-state index is -0.721. The van der Waals surface area contributed by atoms with Crippen LogP contribution in [0.3, 0.4) is 0 Å². The fourth-order valence-corrected chi connectivity index (χ4v) is 5.19. The van der Waals surface area contributed by atoms with E-state index < -0.39 is 18.2 Å². The van der Waals surface area contributed by atoms with Crippen molar-refractivity contribution in [3.8, 4) is 5.75 Å². The van der Waals surface area contributed by atoms with Gasteiger partial charge < -0.3 is 24.4 Å². The molecule has 1 saturated heterocycles. The molecule has 9 nitrogen and oxygen atoms in total. The van der Waals surface area contributed by atoms with Gasteiger partial charge in [0.25, 0.3) is 0 Å². The van der Waals surface area contributed by atoms with Gasteiger partial charge in [0.15, 0.2) is 0 Å². The minimum absolute atomic E-state index is 0.194. The number of carbonyl (C=O) groups is 2. The lowest BCUT2D eigenvalue weighted by atomic mass is 9.95.